The molecule has 0 aliphatic carbocycles. The molecule has 0 aromatic heterocycles. The topological polar surface area (TPSA) is 64.6 Å². The van der Waals surface area contributed by atoms with Crippen molar-refractivity contribution in [1.29, 1.82) is 0 Å². The van der Waals surface area contributed by atoms with Crippen molar-refractivity contribution in [3.8, 4) is 5.75 Å². The average Bonchev–Trinajstić information content (AvgIpc) is 2.66. The number of methoxy groups -OCH3 is 1. The monoisotopic (exact) mass is 387 g/mol. The lowest BCUT2D eigenvalue weighted by Gasteiger charge is -2.11. The molecule has 27 heavy (non-hydrogen) atoms. The molecule has 0 aliphatic rings. The van der Waals surface area contributed by atoms with Gasteiger partial charge in [-0.05, 0) is 43.7 Å². The SMILES string of the molecule is COc1ccc(CCOC(=O)c2ccccc2SCC(=O)NC(C)C)cc1. The fourth-order valence-corrected chi connectivity index (χ4v) is 3.25. The molecule has 0 aliphatic heterocycles. The molecule has 0 unspecified atom stereocenters. The van der Waals surface area contributed by atoms with Crippen LogP contribution in [0.4, 0.5) is 0 Å². The van der Waals surface area contributed by atoms with Gasteiger partial charge < -0.3 is 14.8 Å². The fraction of sp³-hybridized carbons (Fsp3) is 0.333. The van der Waals surface area contributed by atoms with Gasteiger partial charge in [-0.2, -0.15) is 0 Å². The van der Waals surface area contributed by atoms with Crippen LogP contribution in [0.15, 0.2) is 53.4 Å². The number of hydrogen-bond donors (Lipinski definition) is 1. The van der Waals surface area contributed by atoms with Crippen molar-refractivity contribution < 1.29 is 19.1 Å². The highest BCUT2D eigenvalue weighted by Gasteiger charge is 2.14. The standard InChI is InChI=1S/C21H25NO4S/c1-15(2)22-20(23)14-27-19-7-5-4-6-18(19)21(24)26-13-12-16-8-10-17(25-3)11-9-16/h4-11,15H,12-14H2,1-3H3,(H,22,23). The minimum absolute atomic E-state index is 0.0577. The molecule has 0 atom stereocenters. The normalized spacial score (nSPS) is 10.5. The second-order valence-corrected chi connectivity index (χ2v) is 7.26. The molecule has 2 aromatic rings. The molecule has 0 fully saturated rings. The van der Waals surface area contributed by atoms with E-state index in [1.165, 1.54) is 11.8 Å². The molecule has 0 heterocycles. The summed E-state index contributed by atoms with van der Waals surface area (Å²) in [6, 6.07) is 14.9. The zero-order valence-corrected chi connectivity index (χ0v) is 16.7. The molecule has 1 amide bonds. The maximum atomic E-state index is 12.4. The van der Waals surface area contributed by atoms with E-state index in [-0.39, 0.29) is 30.3 Å². The Morgan fingerprint density at radius 1 is 1.07 bits per heavy atom. The highest BCUT2D eigenvalue weighted by molar-refractivity contribution is 8.00. The Bertz CT molecular complexity index is 759. The largest absolute Gasteiger partial charge is 0.497 e. The zero-order valence-electron chi connectivity index (χ0n) is 15.9. The molecule has 0 bridgehead atoms. The quantitative estimate of drug-likeness (QED) is 0.525. The number of carbonyl (C=O) groups excluding carboxylic acids is 2. The van der Waals surface area contributed by atoms with Gasteiger partial charge in [0.25, 0.3) is 0 Å². The lowest BCUT2D eigenvalue weighted by atomic mass is 10.1. The van der Waals surface area contributed by atoms with E-state index < -0.39 is 0 Å². The smallest absolute Gasteiger partial charge is 0.339 e. The molecular formula is C21H25NO4S. The number of thioether (sulfide) groups is 1. The molecule has 144 valence electrons. The van der Waals surface area contributed by atoms with Crippen LogP contribution >= 0.6 is 11.8 Å². The third kappa shape index (κ3) is 6.98. The zero-order chi connectivity index (χ0) is 19.6. The minimum Gasteiger partial charge on any atom is -0.497 e. The Morgan fingerprint density at radius 2 is 1.78 bits per heavy atom. The van der Waals surface area contributed by atoms with E-state index in [0.717, 1.165) is 16.2 Å². The number of benzene rings is 2. The molecule has 6 heteroatoms. The van der Waals surface area contributed by atoms with E-state index in [0.29, 0.717) is 12.0 Å². The van der Waals surface area contributed by atoms with Gasteiger partial charge in [0.15, 0.2) is 0 Å². The van der Waals surface area contributed by atoms with Crippen LogP contribution in [0.5, 0.6) is 5.75 Å². The molecule has 0 saturated carbocycles. The van der Waals surface area contributed by atoms with E-state index in [9.17, 15) is 9.59 Å². The number of carbonyl (C=O) groups is 2. The van der Waals surface area contributed by atoms with E-state index in [1.807, 2.05) is 50.2 Å². The summed E-state index contributed by atoms with van der Waals surface area (Å²) < 4.78 is 10.5. The molecule has 0 spiro atoms. The molecule has 5 nitrogen and oxygen atoms in total. The van der Waals surface area contributed by atoms with Crippen molar-refractivity contribution >= 4 is 23.6 Å². The number of esters is 1. The number of nitrogens with one attached hydrogen (secondary N) is 1. The van der Waals surface area contributed by atoms with Crippen LogP contribution in [0.25, 0.3) is 0 Å². The minimum atomic E-state index is -0.379. The summed E-state index contributed by atoms with van der Waals surface area (Å²) in [5.41, 5.74) is 1.55. The summed E-state index contributed by atoms with van der Waals surface area (Å²) in [4.78, 5) is 25.0. The van der Waals surface area contributed by atoms with Crippen LogP contribution in [0.2, 0.25) is 0 Å². The Morgan fingerprint density at radius 3 is 2.44 bits per heavy atom. The van der Waals surface area contributed by atoms with Gasteiger partial charge in [-0.1, -0.05) is 24.3 Å². The summed E-state index contributed by atoms with van der Waals surface area (Å²) in [5, 5.41) is 2.84. The maximum absolute atomic E-state index is 12.4. The number of rotatable bonds is 9. The van der Waals surface area contributed by atoms with Crippen LogP contribution in [-0.4, -0.2) is 37.4 Å². The molecule has 1 N–H and O–H groups in total. The van der Waals surface area contributed by atoms with Gasteiger partial charge in [0.2, 0.25) is 5.91 Å². The van der Waals surface area contributed by atoms with Crippen molar-refractivity contribution in [2.45, 2.75) is 31.2 Å². The van der Waals surface area contributed by atoms with Crippen molar-refractivity contribution in [2.75, 3.05) is 19.5 Å². The first-order valence-electron chi connectivity index (χ1n) is 8.81. The van der Waals surface area contributed by atoms with Crippen molar-refractivity contribution in [1.82, 2.24) is 5.32 Å². The highest BCUT2D eigenvalue weighted by Crippen LogP contribution is 2.23. The van der Waals surface area contributed by atoms with E-state index >= 15 is 0 Å². The van der Waals surface area contributed by atoms with Crippen LogP contribution in [0.3, 0.4) is 0 Å². The van der Waals surface area contributed by atoms with Crippen LogP contribution in [0.1, 0.15) is 29.8 Å². The Hall–Kier alpha value is -2.47. The first-order chi connectivity index (χ1) is 13.0. The summed E-state index contributed by atoms with van der Waals surface area (Å²) in [5.74, 6) is 0.616. The predicted molar refractivity (Wildman–Crippen MR) is 107 cm³/mol. The number of hydrogen-bond acceptors (Lipinski definition) is 5. The summed E-state index contributed by atoms with van der Waals surface area (Å²) in [6.07, 6.45) is 0.627. The lowest BCUT2D eigenvalue weighted by Crippen LogP contribution is -2.31. The van der Waals surface area contributed by atoms with Gasteiger partial charge >= 0.3 is 5.97 Å². The second-order valence-electron chi connectivity index (χ2n) is 6.24. The molecule has 0 saturated heterocycles. The first kappa shape index (κ1) is 20.8. The molecule has 2 rings (SSSR count). The maximum Gasteiger partial charge on any atom is 0.339 e. The Balaban J connectivity index is 1.88. The second kappa shape index (κ2) is 10.6. The molecular weight excluding hydrogens is 362 g/mol. The van der Waals surface area contributed by atoms with Crippen molar-refractivity contribution in [3.05, 3.63) is 59.7 Å². The van der Waals surface area contributed by atoms with Gasteiger partial charge in [0.1, 0.15) is 5.75 Å². The predicted octanol–water partition coefficient (Wildman–Crippen LogP) is 3.71. The van der Waals surface area contributed by atoms with Gasteiger partial charge in [0.05, 0.1) is 25.0 Å². The van der Waals surface area contributed by atoms with Crippen LogP contribution < -0.4 is 10.1 Å². The number of ether oxygens (including phenoxy) is 2. The summed E-state index contributed by atoms with van der Waals surface area (Å²) in [7, 11) is 1.62. The van der Waals surface area contributed by atoms with Gasteiger partial charge in [-0.25, -0.2) is 4.79 Å². The van der Waals surface area contributed by atoms with E-state index in [2.05, 4.69) is 5.32 Å². The summed E-state index contributed by atoms with van der Waals surface area (Å²) >= 11 is 1.33. The number of amides is 1. The first-order valence-corrected chi connectivity index (χ1v) is 9.79. The average molecular weight is 388 g/mol. The van der Waals surface area contributed by atoms with Crippen molar-refractivity contribution in [3.63, 3.8) is 0 Å². The molecule has 2 aromatic carbocycles. The lowest BCUT2D eigenvalue weighted by molar-refractivity contribution is -0.119. The van der Waals surface area contributed by atoms with E-state index in [1.54, 1.807) is 19.2 Å². The van der Waals surface area contributed by atoms with Gasteiger partial charge in [-0.3, -0.25) is 4.79 Å². The van der Waals surface area contributed by atoms with Crippen molar-refractivity contribution in [2.24, 2.45) is 0 Å². The van der Waals surface area contributed by atoms with Crippen LogP contribution in [0, 0.1) is 0 Å². The third-order valence-electron chi connectivity index (χ3n) is 3.70. The summed E-state index contributed by atoms with van der Waals surface area (Å²) in [6.45, 7) is 4.12. The van der Waals surface area contributed by atoms with E-state index in [4.69, 9.17) is 9.47 Å². The van der Waals surface area contributed by atoms with Gasteiger partial charge in [-0.15, -0.1) is 11.8 Å². The Kier molecular flexibility index (Phi) is 8.20. The third-order valence-corrected chi connectivity index (χ3v) is 4.77. The van der Waals surface area contributed by atoms with Crippen LogP contribution in [-0.2, 0) is 16.0 Å². The molecule has 0 radical (unpaired) electrons. The highest BCUT2D eigenvalue weighted by atomic mass is 32.2. The van der Waals surface area contributed by atoms with Gasteiger partial charge in [0, 0.05) is 17.4 Å². The Labute approximate surface area is 164 Å². The fourth-order valence-electron chi connectivity index (χ4n) is 2.40.